The number of oxime groups is 1. The van der Waals surface area contributed by atoms with E-state index in [0.29, 0.717) is 17.1 Å². The molecule has 0 aromatic heterocycles. The monoisotopic (exact) mass is 287 g/mol. The zero-order valence-electron chi connectivity index (χ0n) is 10.6. The van der Waals surface area contributed by atoms with Crippen LogP contribution in [0.1, 0.15) is 18.1 Å². The van der Waals surface area contributed by atoms with Gasteiger partial charge in [0.05, 0.1) is 18.8 Å². The standard InChI is InChI=1S/C12H18ClN3O3/c1-12(6-17,7-18)15-5-9-3-2-8(4-10(9)13)11(14)16-19/h2-4,15,17-19H,5-7H2,1H3,(H2,14,16). The third-order valence-corrected chi connectivity index (χ3v) is 3.21. The van der Waals surface area contributed by atoms with Crippen LogP contribution in [0.4, 0.5) is 0 Å². The lowest BCUT2D eigenvalue weighted by Crippen LogP contribution is -2.48. The van der Waals surface area contributed by atoms with Gasteiger partial charge in [-0.1, -0.05) is 28.9 Å². The molecule has 6 N–H and O–H groups in total. The molecule has 0 aliphatic carbocycles. The van der Waals surface area contributed by atoms with Gasteiger partial charge in [0.15, 0.2) is 5.84 Å². The summed E-state index contributed by atoms with van der Waals surface area (Å²) in [4.78, 5) is 0. The Hall–Kier alpha value is -1.34. The number of benzene rings is 1. The average molecular weight is 288 g/mol. The fourth-order valence-corrected chi connectivity index (χ4v) is 1.63. The van der Waals surface area contributed by atoms with Gasteiger partial charge in [-0.05, 0) is 18.6 Å². The van der Waals surface area contributed by atoms with Crippen molar-refractivity contribution in [3.63, 3.8) is 0 Å². The van der Waals surface area contributed by atoms with E-state index in [1.165, 1.54) is 0 Å². The van der Waals surface area contributed by atoms with Crippen molar-refractivity contribution in [3.05, 3.63) is 34.3 Å². The third kappa shape index (κ3) is 4.07. The number of aliphatic hydroxyl groups excluding tert-OH is 2. The highest BCUT2D eigenvalue weighted by atomic mass is 35.5. The lowest BCUT2D eigenvalue weighted by atomic mass is 10.0. The average Bonchev–Trinajstić information content (AvgIpc) is 2.44. The van der Waals surface area contributed by atoms with E-state index in [4.69, 9.17) is 32.8 Å². The molecular formula is C12H18ClN3O3. The molecule has 0 saturated carbocycles. The molecule has 0 spiro atoms. The van der Waals surface area contributed by atoms with Gasteiger partial charge in [-0.2, -0.15) is 0 Å². The lowest BCUT2D eigenvalue weighted by molar-refractivity contribution is 0.103. The Balaban J connectivity index is 2.81. The molecule has 106 valence electrons. The molecule has 0 heterocycles. The number of nitrogens with two attached hydrogens (primary N) is 1. The van der Waals surface area contributed by atoms with Gasteiger partial charge in [0, 0.05) is 17.1 Å². The van der Waals surface area contributed by atoms with Crippen LogP contribution in [0.2, 0.25) is 5.02 Å². The van der Waals surface area contributed by atoms with E-state index in [1.807, 2.05) is 0 Å². The van der Waals surface area contributed by atoms with Gasteiger partial charge in [0.25, 0.3) is 0 Å². The highest BCUT2D eigenvalue weighted by molar-refractivity contribution is 6.31. The Kier molecular flexibility index (Phi) is 5.56. The molecule has 0 bridgehead atoms. The number of halogens is 1. The summed E-state index contributed by atoms with van der Waals surface area (Å²) in [6, 6.07) is 4.99. The molecule has 6 nitrogen and oxygen atoms in total. The maximum absolute atomic E-state index is 9.17. The third-order valence-electron chi connectivity index (χ3n) is 2.86. The fraction of sp³-hybridized carbons (Fsp3) is 0.417. The molecule has 1 aromatic carbocycles. The van der Waals surface area contributed by atoms with Crippen LogP contribution in [0.5, 0.6) is 0 Å². The van der Waals surface area contributed by atoms with Crippen molar-refractivity contribution in [2.75, 3.05) is 13.2 Å². The maximum atomic E-state index is 9.17. The lowest BCUT2D eigenvalue weighted by Gasteiger charge is -2.26. The summed E-state index contributed by atoms with van der Waals surface area (Å²) in [7, 11) is 0. The minimum absolute atomic E-state index is 0.0167. The van der Waals surface area contributed by atoms with E-state index in [1.54, 1.807) is 25.1 Å². The van der Waals surface area contributed by atoms with Crippen LogP contribution in [-0.4, -0.2) is 40.0 Å². The summed E-state index contributed by atoms with van der Waals surface area (Å²) < 4.78 is 0. The van der Waals surface area contributed by atoms with Crippen molar-refractivity contribution in [1.82, 2.24) is 5.32 Å². The van der Waals surface area contributed by atoms with Crippen molar-refractivity contribution < 1.29 is 15.4 Å². The van der Waals surface area contributed by atoms with Gasteiger partial charge in [0.1, 0.15) is 0 Å². The van der Waals surface area contributed by atoms with Crippen LogP contribution in [0.25, 0.3) is 0 Å². The van der Waals surface area contributed by atoms with Crippen molar-refractivity contribution in [1.29, 1.82) is 0 Å². The minimum Gasteiger partial charge on any atom is -0.409 e. The van der Waals surface area contributed by atoms with Crippen LogP contribution in [0.15, 0.2) is 23.4 Å². The van der Waals surface area contributed by atoms with Crippen LogP contribution < -0.4 is 11.1 Å². The summed E-state index contributed by atoms with van der Waals surface area (Å²) in [5.41, 5.74) is 5.99. The second-order valence-corrected chi connectivity index (χ2v) is 4.93. The normalized spacial score (nSPS) is 12.7. The highest BCUT2D eigenvalue weighted by Gasteiger charge is 2.21. The number of nitrogens with one attached hydrogen (secondary N) is 1. The minimum atomic E-state index is -0.770. The molecule has 1 aromatic rings. The highest BCUT2D eigenvalue weighted by Crippen LogP contribution is 2.18. The summed E-state index contributed by atoms with van der Waals surface area (Å²) in [5, 5.41) is 33.3. The maximum Gasteiger partial charge on any atom is 0.170 e. The molecule has 7 heteroatoms. The molecule has 1 rings (SSSR count). The Morgan fingerprint density at radius 3 is 2.53 bits per heavy atom. The van der Waals surface area contributed by atoms with E-state index in [-0.39, 0.29) is 19.0 Å². The quantitative estimate of drug-likeness (QED) is 0.223. The first kappa shape index (κ1) is 15.7. The van der Waals surface area contributed by atoms with Crippen molar-refractivity contribution in [3.8, 4) is 0 Å². The summed E-state index contributed by atoms with van der Waals surface area (Å²) >= 11 is 6.09. The summed E-state index contributed by atoms with van der Waals surface area (Å²) in [5.74, 6) is -0.0167. The number of hydrogen-bond donors (Lipinski definition) is 5. The largest absolute Gasteiger partial charge is 0.409 e. The van der Waals surface area contributed by atoms with E-state index < -0.39 is 5.54 Å². The van der Waals surface area contributed by atoms with Crippen molar-refractivity contribution in [2.24, 2.45) is 10.9 Å². The molecule has 19 heavy (non-hydrogen) atoms. The SMILES string of the molecule is CC(CO)(CO)NCc1ccc(/C(N)=N/O)cc1Cl. The smallest absolute Gasteiger partial charge is 0.170 e. The first-order chi connectivity index (χ1) is 8.95. The van der Waals surface area contributed by atoms with Gasteiger partial charge in [-0.15, -0.1) is 0 Å². The van der Waals surface area contributed by atoms with Gasteiger partial charge < -0.3 is 26.5 Å². The molecule has 0 aliphatic heterocycles. The molecule has 0 amide bonds. The van der Waals surface area contributed by atoms with Gasteiger partial charge in [0.2, 0.25) is 0 Å². The van der Waals surface area contributed by atoms with Crippen LogP contribution in [0.3, 0.4) is 0 Å². The second-order valence-electron chi connectivity index (χ2n) is 4.52. The number of aliphatic hydroxyl groups is 2. The molecule has 0 unspecified atom stereocenters. The van der Waals surface area contributed by atoms with Gasteiger partial charge in [-0.25, -0.2) is 0 Å². The Morgan fingerprint density at radius 2 is 2.05 bits per heavy atom. The first-order valence-electron chi connectivity index (χ1n) is 5.69. The fourth-order valence-electron chi connectivity index (χ4n) is 1.38. The molecule has 0 radical (unpaired) electrons. The molecule has 0 saturated heterocycles. The van der Waals surface area contributed by atoms with E-state index in [9.17, 15) is 0 Å². The summed E-state index contributed by atoms with van der Waals surface area (Å²) in [6.45, 7) is 1.70. The van der Waals surface area contributed by atoms with E-state index >= 15 is 0 Å². The predicted octanol–water partition coefficient (Wildman–Crippen LogP) is 0.267. The second kappa shape index (κ2) is 6.72. The van der Waals surface area contributed by atoms with E-state index in [2.05, 4.69) is 10.5 Å². The van der Waals surface area contributed by atoms with Gasteiger partial charge >= 0.3 is 0 Å². The molecule has 0 aliphatic rings. The van der Waals surface area contributed by atoms with Gasteiger partial charge in [-0.3, -0.25) is 0 Å². The first-order valence-corrected chi connectivity index (χ1v) is 6.06. The number of amidine groups is 1. The zero-order chi connectivity index (χ0) is 14.5. The van der Waals surface area contributed by atoms with Crippen LogP contribution in [0, 0.1) is 0 Å². The zero-order valence-corrected chi connectivity index (χ0v) is 11.4. The topological polar surface area (TPSA) is 111 Å². The van der Waals surface area contributed by atoms with Crippen molar-refractivity contribution in [2.45, 2.75) is 19.0 Å². The Morgan fingerprint density at radius 1 is 1.42 bits per heavy atom. The van der Waals surface area contributed by atoms with Crippen LogP contribution in [-0.2, 0) is 6.54 Å². The summed E-state index contributed by atoms with van der Waals surface area (Å²) in [6.07, 6.45) is 0. The van der Waals surface area contributed by atoms with Crippen molar-refractivity contribution >= 4 is 17.4 Å². The molecule has 0 atom stereocenters. The Bertz CT molecular complexity index is 462. The Labute approximate surface area is 116 Å². The molecule has 0 fully saturated rings. The molecular weight excluding hydrogens is 270 g/mol. The number of hydrogen-bond acceptors (Lipinski definition) is 5. The predicted molar refractivity (Wildman–Crippen MR) is 73.4 cm³/mol. The number of nitrogens with zero attached hydrogens (tertiary/aromatic N) is 1. The van der Waals surface area contributed by atoms with E-state index in [0.717, 1.165) is 5.56 Å². The van der Waals surface area contributed by atoms with Crippen LogP contribution >= 0.6 is 11.6 Å². The number of rotatable bonds is 6.